The second-order valence-electron chi connectivity index (χ2n) is 10.4. The van der Waals surface area contributed by atoms with Crippen LogP contribution in [0.25, 0.3) is 11.0 Å². The number of carbonyl (C=O) groups excluding carboxylic acids is 2. The largest absolute Gasteiger partial charge is 0.416 e. The molecule has 39 heavy (non-hydrogen) atoms. The van der Waals surface area contributed by atoms with Crippen molar-refractivity contribution in [1.82, 2.24) is 19.9 Å². The molecule has 4 aromatic rings. The van der Waals surface area contributed by atoms with Gasteiger partial charge in [0.1, 0.15) is 17.8 Å². The third-order valence-electron chi connectivity index (χ3n) is 7.76. The second kappa shape index (κ2) is 9.21. The second-order valence-corrected chi connectivity index (χ2v) is 10.4. The third-order valence-corrected chi connectivity index (χ3v) is 7.76. The summed E-state index contributed by atoms with van der Waals surface area (Å²) >= 11 is 0. The van der Waals surface area contributed by atoms with Gasteiger partial charge in [-0.15, -0.1) is 0 Å². The summed E-state index contributed by atoms with van der Waals surface area (Å²) in [6.45, 7) is 3.54. The van der Waals surface area contributed by atoms with Crippen LogP contribution >= 0.6 is 0 Å². The maximum atomic E-state index is 13.7. The molecule has 10 heteroatoms. The van der Waals surface area contributed by atoms with Crippen molar-refractivity contribution in [2.24, 2.45) is 0 Å². The van der Waals surface area contributed by atoms with Crippen molar-refractivity contribution in [1.29, 1.82) is 0 Å². The van der Waals surface area contributed by atoms with Crippen molar-refractivity contribution < 1.29 is 22.8 Å². The van der Waals surface area contributed by atoms with Crippen molar-refractivity contribution in [3.63, 3.8) is 0 Å². The first-order valence-corrected chi connectivity index (χ1v) is 12.8. The molecule has 1 amide bonds. The lowest BCUT2D eigenvalue weighted by Gasteiger charge is -2.43. The summed E-state index contributed by atoms with van der Waals surface area (Å²) in [5, 5.41) is 0.940. The van der Waals surface area contributed by atoms with Crippen LogP contribution in [0.2, 0.25) is 0 Å². The van der Waals surface area contributed by atoms with Crippen molar-refractivity contribution in [3.05, 3.63) is 88.9 Å². The lowest BCUT2D eigenvalue weighted by atomic mass is 9.95. The van der Waals surface area contributed by atoms with Crippen molar-refractivity contribution >= 4 is 28.5 Å². The van der Waals surface area contributed by atoms with Crippen LogP contribution < -0.4 is 4.90 Å². The maximum absolute atomic E-state index is 13.7. The number of fused-ring (bicyclic) bond motifs is 1. The molecule has 1 N–H and O–H groups in total. The summed E-state index contributed by atoms with van der Waals surface area (Å²) in [5.41, 5.74) is 1.39. The van der Waals surface area contributed by atoms with Crippen LogP contribution in [0.5, 0.6) is 0 Å². The number of benzene rings is 2. The number of nitrogens with zero attached hydrogens (tertiary/aromatic N) is 4. The standard InChI is InChI=1S/C29H26F3N5O2/c1-18-5-6-20(15-23(18)24(38)14-19-3-2-4-21(13-19)29(30,31)32)27(39)37-12-11-36(16-28(37)8-9-28)26-22-7-10-33-25(22)34-17-35-26/h2-7,10,13,15,17H,8-9,11-12,14,16H2,1H3,(H,33,34,35). The fourth-order valence-corrected chi connectivity index (χ4v) is 5.51. The van der Waals surface area contributed by atoms with Crippen molar-refractivity contribution in [3.8, 4) is 0 Å². The molecule has 1 saturated carbocycles. The Hall–Kier alpha value is -4.21. The fraction of sp³-hybridized carbons (Fsp3) is 0.310. The average molecular weight is 534 g/mol. The number of ketones is 1. The van der Waals surface area contributed by atoms with Gasteiger partial charge in [0, 0.05) is 43.4 Å². The minimum atomic E-state index is -4.48. The predicted octanol–water partition coefficient (Wildman–Crippen LogP) is 5.21. The van der Waals surface area contributed by atoms with Gasteiger partial charge < -0.3 is 14.8 Å². The molecule has 1 saturated heterocycles. The molecule has 7 nitrogen and oxygen atoms in total. The first kappa shape index (κ1) is 25.1. The van der Waals surface area contributed by atoms with Gasteiger partial charge in [-0.25, -0.2) is 9.97 Å². The Morgan fingerprint density at radius 2 is 1.87 bits per heavy atom. The van der Waals surface area contributed by atoms with E-state index < -0.39 is 11.7 Å². The predicted molar refractivity (Wildman–Crippen MR) is 140 cm³/mol. The molecule has 2 aliphatic rings. The van der Waals surface area contributed by atoms with Gasteiger partial charge in [0.05, 0.1) is 16.5 Å². The highest BCUT2D eigenvalue weighted by Crippen LogP contribution is 2.46. The van der Waals surface area contributed by atoms with Gasteiger partial charge in [0.15, 0.2) is 5.78 Å². The summed E-state index contributed by atoms with van der Waals surface area (Å²) < 4.78 is 39.3. The number of aromatic amines is 1. The van der Waals surface area contributed by atoms with Crippen LogP contribution in [0.3, 0.4) is 0 Å². The zero-order chi connectivity index (χ0) is 27.4. The number of H-pyrrole nitrogens is 1. The van der Waals surface area contributed by atoms with E-state index in [9.17, 15) is 22.8 Å². The van der Waals surface area contributed by atoms with E-state index in [-0.39, 0.29) is 29.2 Å². The molecule has 0 radical (unpaired) electrons. The number of halogens is 3. The molecule has 3 heterocycles. The number of alkyl halides is 3. The van der Waals surface area contributed by atoms with Crippen molar-refractivity contribution in [2.45, 2.75) is 37.9 Å². The van der Waals surface area contributed by atoms with E-state index in [4.69, 9.17) is 0 Å². The molecule has 6 rings (SSSR count). The molecule has 2 aromatic carbocycles. The number of nitrogens with one attached hydrogen (secondary N) is 1. The minimum absolute atomic E-state index is 0.144. The van der Waals surface area contributed by atoms with Gasteiger partial charge in [-0.3, -0.25) is 9.59 Å². The monoisotopic (exact) mass is 533 g/mol. The molecule has 0 atom stereocenters. The van der Waals surface area contributed by atoms with Crippen LogP contribution in [-0.2, 0) is 12.6 Å². The van der Waals surface area contributed by atoms with E-state index >= 15 is 0 Å². The number of carbonyl (C=O) groups is 2. The summed E-state index contributed by atoms with van der Waals surface area (Å²) in [6, 6.07) is 11.8. The summed E-state index contributed by atoms with van der Waals surface area (Å²) in [5.74, 6) is 0.374. The number of hydrogen-bond donors (Lipinski definition) is 1. The first-order valence-electron chi connectivity index (χ1n) is 12.8. The van der Waals surface area contributed by atoms with Gasteiger partial charge in [-0.05, 0) is 55.2 Å². The highest BCUT2D eigenvalue weighted by molar-refractivity contribution is 6.02. The number of hydrogen-bond acceptors (Lipinski definition) is 5. The Labute approximate surface area is 222 Å². The van der Waals surface area contributed by atoms with Gasteiger partial charge in [-0.2, -0.15) is 13.2 Å². The van der Waals surface area contributed by atoms with E-state index in [1.165, 1.54) is 18.5 Å². The summed E-state index contributed by atoms with van der Waals surface area (Å²) in [7, 11) is 0. The number of piperazine rings is 1. The molecular formula is C29H26F3N5O2. The van der Waals surface area contributed by atoms with E-state index in [0.717, 1.165) is 41.8 Å². The highest BCUT2D eigenvalue weighted by atomic mass is 19.4. The number of Topliss-reactive ketones (excluding diaryl/α,β-unsaturated/α-hetero) is 1. The lowest BCUT2D eigenvalue weighted by molar-refractivity contribution is -0.137. The Morgan fingerprint density at radius 1 is 1.05 bits per heavy atom. The van der Waals surface area contributed by atoms with Gasteiger partial charge in [-0.1, -0.05) is 24.3 Å². The van der Waals surface area contributed by atoms with Crippen LogP contribution in [0.4, 0.5) is 19.0 Å². The van der Waals surface area contributed by atoms with Crippen LogP contribution in [-0.4, -0.2) is 56.7 Å². The van der Waals surface area contributed by atoms with E-state index in [0.29, 0.717) is 36.3 Å². The Morgan fingerprint density at radius 3 is 2.64 bits per heavy atom. The molecule has 0 bridgehead atoms. The number of amides is 1. The van der Waals surface area contributed by atoms with Gasteiger partial charge in [0.25, 0.3) is 5.91 Å². The zero-order valence-corrected chi connectivity index (χ0v) is 21.3. The molecule has 1 aliphatic heterocycles. The number of aryl methyl sites for hydroxylation is 1. The SMILES string of the molecule is Cc1ccc(C(=O)N2CCN(c3ncnc4[nH]ccc34)CC23CC3)cc1C(=O)Cc1cccc(C(F)(F)F)c1. The lowest BCUT2D eigenvalue weighted by Crippen LogP contribution is -2.57. The van der Waals surface area contributed by atoms with Gasteiger partial charge >= 0.3 is 6.18 Å². The average Bonchev–Trinajstić information content (AvgIpc) is 3.49. The minimum Gasteiger partial charge on any atom is -0.352 e. The normalized spacial score (nSPS) is 16.6. The molecular weight excluding hydrogens is 507 g/mol. The Bertz CT molecular complexity index is 1590. The molecule has 200 valence electrons. The van der Waals surface area contributed by atoms with Crippen LogP contribution in [0.15, 0.2) is 61.1 Å². The quantitative estimate of drug-likeness (QED) is 0.357. The van der Waals surface area contributed by atoms with Crippen molar-refractivity contribution in [2.75, 3.05) is 24.5 Å². The first-order chi connectivity index (χ1) is 18.6. The molecule has 0 unspecified atom stereocenters. The van der Waals surface area contributed by atoms with Crippen LogP contribution in [0, 0.1) is 6.92 Å². The Kier molecular flexibility index (Phi) is 5.93. The van der Waals surface area contributed by atoms with E-state index in [2.05, 4.69) is 19.9 Å². The summed E-state index contributed by atoms with van der Waals surface area (Å²) in [4.78, 5) is 42.8. The van der Waals surface area contributed by atoms with Crippen LogP contribution in [0.1, 0.15) is 50.2 Å². The molecule has 2 fully saturated rings. The van der Waals surface area contributed by atoms with Gasteiger partial charge in [0.2, 0.25) is 0 Å². The number of anilines is 1. The fourth-order valence-electron chi connectivity index (χ4n) is 5.51. The summed E-state index contributed by atoms with van der Waals surface area (Å²) in [6.07, 6.45) is 0.463. The molecule has 1 spiro atoms. The Balaban J connectivity index is 1.21. The van der Waals surface area contributed by atoms with E-state index in [1.54, 1.807) is 25.1 Å². The molecule has 1 aliphatic carbocycles. The third kappa shape index (κ3) is 4.64. The zero-order valence-electron chi connectivity index (χ0n) is 21.3. The molecule has 2 aromatic heterocycles. The topological polar surface area (TPSA) is 82.2 Å². The smallest absolute Gasteiger partial charge is 0.352 e. The van der Waals surface area contributed by atoms with E-state index in [1.807, 2.05) is 17.2 Å². The number of aromatic nitrogens is 3. The number of rotatable bonds is 5. The highest BCUT2D eigenvalue weighted by Gasteiger charge is 2.53. The maximum Gasteiger partial charge on any atom is 0.416 e.